The first-order chi connectivity index (χ1) is 6.76. The van der Waals surface area contributed by atoms with Crippen molar-refractivity contribution in [1.82, 2.24) is 4.90 Å². The zero-order valence-electron chi connectivity index (χ0n) is 11.2. The largest absolute Gasteiger partial charge is 0.298 e. The predicted octanol–water partition coefficient (Wildman–Crippen LogP) is 3.71. The molecule has 1 aliphatic heterocycles. The zero-order valence-corrected chi connectivity index (χ0v) is 11.2. The van der Waals surface area contributed by atoms with Crippen LogP contribution in [0.1, 0.15) is 47.5 Å². The lowest BCUT2D eigenvalue weighted by Gasteiger charge is -2.48. The van der Waals surface area contributed by atoms with Crippen LogP contribution in [-0.2, 0) is 0 Å². The van der Waals surface area contributed by atoms with Gasteiger partial charge >= 0.3 is 0 Å². The molecule has 0 amide bonds. The second-order valence-corrected chi connectivity index (χ2v) is 6.61. The molecule has 0 N–H and O–H groups in total. The van der Waals surface area contributed by atoms with Crippen LogP contribution in [0.25, 0.3) is 0 Å². The summed E-state index contributed by atoms with van der Waals surface area (Å²) in [5, 5.41) is 0. The van der Waals surface area contributed by atoms with Crippen molar-refractivity contribution in [2.75, 3.05) is 19.6 Å². The molecule has 1 heterocycles. The average Bonchev–Trinajstić information content (AvgIpc) is 1.98. The summed E-state index contributed by atoms with van der Waals surface area (Å²) in [6.45, 7) is 19.2. The maximum atomic E-state index is 4.03. The highest BCUT2D eigenvalue weighted by molar-refractivity contribution is 4.98. The van der Waals surface area contributed by atoms with E-state index < -0.39 is 0 Å². The second-order valence-electron chi connectivity index (χ2n) is 6.61. The Balaban J connectivity index is 2.72. The van der Waals surface area contributed by atoms with Gasteiger partial charge in [-0.1, -0.05) is 39.8 Å². The summed E-state index contributed by atoms with van der Waals surface area (Å²) in [4.78, 5) is 2.58. The van der Waals surface area contributed by atoms with Crippen LogP contribution in [-0.4, -0.2) is 24.5 Å². The summed E-state index contributed by atoms with van der Waals surface area (Å²) < 4.78 is 0. The van der Waals surface area contributed by atoms with Gasteiger partial charge in [-0.3, -0.25) is 4.90 Å². The first-order valence-electron chi connectivity index (χ1n) is 6.13. The SMILES string of the molecule is C=C(C)CN1CC(C)(C)CC(C)(CC)C1. The van der Waals surface area contributed by atoms with Gasteiger partial charge in [0.2, 0.25) is 0 Å². The molecular formula is C14H27N. The molecule has 88 valence electrons. The van der Waals surface area contributed by atoms with Crippen molar-refractivity contribution in [2.24, 2.45) is 10.8 Å². The third-order valence-electron chi connectivity index (χ3n) is 3.51. The van der Waals surface area contributed by atoms with E-state index in [4.69, 9.17) is 0 Å². The fraction of sp³-hybridized carbons (Fsp3) is 0.857. The molecule has 0 radical (unpaired) electrons. The molecule has 1 fully saturated rings. The lowest BCUT2D eigenvalue weighted by molar-refractivity contribution is 0.0202. The van der Waals surface area contributed by atoms with Crippen LogP contribution in [0.5, 0.6) is 0 Å². The van der Waals surface area contributed by atoms with E-state index in [1.807, 2.05) is 0 Å². The minimum atomic E-state index is 0.457. The molecule has 1 atom stereocenters. The molecule has 1 rings (SSSR count). The fourth-order valence-electron chi connectivity index (χ4n) is 3.20. The molecule has 0 bridgehead atoms. The lowest BCUT2D eigenvalue weighted by Crippen LogP contribution is -2.49. The number of piperidine rings is 1. The van der Waals surface area contributed by atoms with E-state index in [-0.39, 0.29) is 0 Å². The van der Waals surface area contributed by atoms with Gasteiger partial charge in [-0.25, -0.2) is 0 Å². The molecule has 0 aromatic heterocycles. The zero-order chi connectivity index (χ0) is 11.7. The average molecular weight is 209 g/mol. The topological polar surface area (TPSA) is 3.24 Å². The van der Waals surface area contributed by atoms with Crippen LogP contribution >= 0.6 is 0 Å². The molecule has 0 spiro atoms. The Hall–Kier alpha value is -0.300. The van der Waals surface area contributed by atoms with E-state index in [1.54, 1.807) is 0 Å². The van der Waals surface area contributed by atoms with E-state index in [1.165, 1.54) is 31.5 Å². The lowest BCUT2D eigenvalue weighted by atomic mass is 9.69. The highest BCUT2D eigenvalue weighted by Crippen LogP contribution is 2.42. The van der Waals surface area contributed by atoms with Crippen molar-refractivity contribution in [1.29, 1.82) is 0 Å². The Morgan fingerprint density at radius 3 is 2.33 bits per heavy atom. The maximum Gasteiger partial charge on any atom is 0.0187 e. The van der Waals surface area contributed by atoms with Crippen molar-refractivity contribution >= 4 is 0 Å². The molecule has 1 aliphatic rings. The predicted molar refractivity (Wildman–Crippen MR) is 68.1 cm³/mol. The normalized spacial score (nSPS) is 31.5. The van der Waals surface area contributed by atoms with E-state index >= 15 is 0 Å². The van der Waals surface area contributed by atoms with Crippen LogP contribution in [0.4, 0.5) is 0 Å². The molecular weight excluding hydrogens is 182 g/mol. The van der Waals surface area contributed by atoms with Crippen LogP contribution in [0, 0.1) is 10.8 Å². The molecule has 0 aromatic carbocycles. The molecule has 0 aromatic rings. The summed E-state index contributed by atoms with van der Waals surface area (Å²) in [7, 11) is 0. The van der Waals surface area contributed by atoms with Gasteiger partial charge in [0.05, 0.1) is 0 Å². The third kappa shape index (κ3) is 3.64. The van der Waals surface area contributed by atoms with Crippen molar-refractivity contribution in [3.05, 3.63) is 12.2 Å². The summed E-state index contributed by atoms with van der Waals surface area (Å²) in [5.74, 6) is 0. The van der Waals surface area contributed by atoms with Gasteiger partial charge in [0, 0.05) is 19.6 Å². The van der Waals surface area contributed by atoms with Crippen molar-refractivity contribution in [3.8, 4) is 0 Å². The van der Waals surface area contributed by atoms with Gasteiger partial charge in [0.25, 0.3) is 0 Å². The van der Waals surface area contributed by atoms with Gasteiger partial charge in [-0.2, -0.15) is 0 Å². The van der Waals surface area contributed by atoms with E-state index in [0.717, 1.165) is 6.54 Å². The van der Waals surface area contributed by atoms with Crippen LogP contribution in [0.3, 0.4) is 0 Å². The fourth-order valence-corrected chi connectivity index (χ4v) is 3.20. The number of hydrogen-bond acceptors (Lipinski definition) is 1. The highest BCUT2D eigenvalue weighted by Gasteiger charge is 2.38. The summed E-state index contributed by atoms with van der Waals surface area (Å²) in [5.41, 5.74) is 2.24. The number of hydrogen-bond donors (Lipinski definition) is 0. The first-order valence-corrected chi connectivity index (χ1v) is 6.13. The van der Waals surface area contributed by atoms with Gasteiger partial charge in [-0.15, -0.1) is 0 Å². The van der Waals surface area contributed by atoms with E-state index in [9.17, 15) is 0 Å². The van der Waals surface area contributed by atoms with Gasteiger partial charge in [0.1, 0.15) is 0 Å². The van der Waals surface area contributed by atoms with Crippen molar-refractivity contribution < 1.29 is 0 Å². The standard InChI is InChI=1S/C14H27N/c1-7-14(6)9-13(4,5)10-15(11-14)8-12(2)3/h2,7-11H2,1,3-6H3. The van der Waals surface area contributed by atoms with Crippen molar-refractivity contribution in [3.63, 3.8) is 0 Å². The second kappa shape index (κ2) is 4.29. The molecule has 1 unspecified atom stereocenters. The van der Waals surface area contributed by atoms with Crippen molar-refractivity contribution in [2.45, 2.75) is 47.5 Å². The summed E-state index contributed by atoms with van der Waals surface area (Å²) in [6.07, 6.45) is 2.63. The number of nitrogens with zero attached hydrogens (tertiary/aromatic N) is 1. The number of rotatable bonds is 3. The molecule has 15 heavy (non-hydrogen) atoms. The molecule has 1 saturated heterocycles. The molecule has 0 saturated carbocycles. The minimum absolute atomic E-state index is 0.457. The Kier molecular flexibility index (Phi) is 3.65. The summed E-state index contributed by atoms with van der Waals surface area (Å²) >= 11 is 0. The Morgan fingerprint density at radius 1 is 1.27 bits per heavy atom. The molecule has 1 nitrogen and oxygen atoms in total. The van der Waals surface area contributed by atoms with Gasteiger partial charge < -0.3 is 0 Å². The molecule has 1 heteroatoms. The quantitative estimate of drug-likeness (QED) is 0.640. The van der Waals surface area contributed by atoms with Gasteiger partial charge in [0.15, 0.2) is 0 Å². The maximum absolute atomic E-state index is 4.03. The first kappa shape index (κ1) is 12.8. The number of likely N-dealkylation sites (tertiary alicyclic amines) is 1. The minimum Gasteiger partial charge on any atom is -0.298 e. The molecule has 0 aliphatic carbocycles. The smallest absolute Gasteiger partial charge is 0.0187 e. The van der Waals surface area contributed by atoms with E-state index in [2.05, 4.69) is 46.1 Å². The Morgan fingerprint density at radius 2 is 1.87 bits per heavy atom. The van der Waals surface area contributed by atoms with Crippen LogP contribution in [0.2, 0.25) is 0 Å². The Bertz CT molecular complexity index is 242. The summed E-state index contributed by atoms with van der Waals surface area (Å²) in [6, 6.07) is 0. The van der Waals surface area contributed by atoms with E-state index in [0.29, 0.717) is 10.8 Å². The third-order valence-corrected chi connectivity index (χ3v) is 3.51. The van der Waals surface area contributed by atoms with Crippen LogP contribution in [0.15, 0.2) is 12.2 Å². The Labute approximate surface area is 95.5 Å². The van der Waals surface area contributed by atoms with Crippen LogP contribution < -0.4 is 0 Å². The monoisotopic (exact) mass is 209 g/mol. The highest BCUT2D eigenvalue weighted by atomic mass is 15.1. The van der Waals surface area contributed by atoms with Gasteiger partial charge in [-0.05, 0) is 30.6 Å².